The van der Waals surface area contributed by atoms with Crippen molar-refractivity contribution < 1.29 is 13.5 Å². The molecule has 0 saturated carbocycles. The predicted octanol–water partition coefficient (Wildman–Crippen LogP) is 3.16. The van der Waals surface area contributed by atoms with Crippen molar-refractivity contribution in [3.05, 3.63) is 92.8 Å². The van der Waals surface area contributed by atoms with E-state index >= 15 is 0 Å². The standard InChI is InChI=1S/C21H16F2N4O3/c1-30-18-11-27(10-12-5-6-15(22)16(23)9-12)21(26-20(18)29)25-17-4-2-3-14-13(17)7-8-24-19(14)28/h2-9,11H,10H2,1H3,(H,24,28)(H,25,26,29). The zero-order valence-corrected chi connectivity index (χ0v) is 15.8. The van der Waals surface area contributed by atoms with Gasteiger partial charge in [0.25, 0.3) is 5.56 Å². The van der Waals surface area contributed by atoms with E-state index in [4.69, 9.17) is 4.74 Å². The summed E-state index contributed by atoms with van der Waals surface area (Å²) in [7, 11) is 1.34. The Morgan fingerprint density at radius 2 is 1.93 bits per heavy atom. The van der Waals surface area contributed by atoms with Gasteiger partial charge in [0, 0.05) is 22.7 Å². The Balaban J connectivity index is 1.80. The van der Waals surface area contributed by atoms with E-state index in [9.17, 15) is 18.4 Å². The van der Waals surface area contributed by atoms with Gasteiger partial charge >= 0.3 is 5.56 Å². The summed E-state index contributed by atoms with van der Waals surface area (Å²) in [4.78, 5) is 30.9. The summed E-state index contributed by atoms with van der Waals surface area (Å²) in [6, 6.07) is 10.4. The van der Waals surface area contributed by atoms with Crippen LogP contribution in [0.2, 0.25) is 0 Å². The highest BCUT2D eigenvalue weighted by atomic mass is 19.2. The summed E-state index contributed by atoms with van der Waals surface area (Å²) in [6.07, 6.45) is 2.95. The second kappa shape index (κ2) is 7.78. The van der Waals surface area contributed by atoms with Gasteiger partial charge in [-0.15, -0.1) is 0 Å². The van der Waals surface area contributed by atoms with Gasteiger partial charge in [0.2, 0.25) is 11.7 Å². The van der Waals surface area contributed by atoms with E-state index in [1.807, 2.05) is 0 Å². The molecule has 0 amide bonds. The van der Waals surface area contributed by atoms with Crippen LogP contribution in [0.1, 0.15) is 5.56 Å². The van der Waals surface area contributed by atoms with E-state index in [0.29, 0.717) is 22.0 Å². The lowest BCUT2D eigenvalue weighted by Gasteiger charge is -2.16. The fourth-order valence-corrected chi connectivity index (χ4v) is 3.12. The Bertz CT molecular complexity index is 1360. The normalized spacial score (nSPS) is 10.9. The molecule has 0 unspecified atom stereocenters. The summed E-state index contributed by atoms with van der Waals surface area (Å²) in [5, 5.41) is 4.15. The van der Waals surface area contributed by atoms with Crippen molar-refractivity contribution in [2.45, 2.75) is 6.54 Å². The third kappa shape index (κ3) is 3.64. The molecule has 0 aliphatic heterocycles. The molecule has 30 heavy (non-hydrogen) atoms. The first-order valence-electron chi connectivity index (χ1n) is 8.93. The zero-order chi connectivity index (χ0) is 21.3. The minimum atomic E-state index is -0.976. The molecule has 2 N–H and O–H groups in total. The number of halogens is 2. The lowest BCUT2D eigenvalue weighted by molar-refractivity contribution is 0.402. The Morgan fingerprint density at radius 3 is 2.70 bits per heavy atom. The SMILES string of the molecule is COc1cn(Cc2ccc(F)c(F)c2)c(Nc2cccc3c(=O)[nH]ccc23)nc1=O. The van der Waals surface area contributed by atoms with Crippen LogP contribution in [0, 0.1) is 11.6 Å². The molecule has 4 aromatic rings. The Kier molecular flexibility index (Phi) is 5.01. The molecular formula is C21H16F2N4O3. The molecule has 2 aromatic heterocycles. The van der Waals surface area contributed by atoms with Gasteiger partial charge in [-0.2, -0.15) is 4.98 Å². The van der Waals surface area contributed by atoms with Crippen molar-refractivity contribution >= 4 is 22.4 Å². The molecule has 0 saturated heterocycles. The zero-order valence-electron chi connectivity index (χ0n) is 15.8. The first-order valence-corrected chi connectivity index (χ1v) is 8.93. The van der Waals surface area contributed by atoms with Crippen LogP contribution in [-0.4, -0.2) is 21.6 Å². The molecule has 152 valence electrons. The van der Waals surface area contributed by atoms with Crippen LogP contribution in [0.5, 0.6) is 5.75 Å². The number of hydrogen-bond acceptors (Lipinski definition) is 5. The lowest BCUT2D eigenvalue weighted by atomic mass is 10.1. The van der Waals surface area contributed by atoms with Gasteiger partial charge < -0.3 is 19.6 Å². The number of H-pyrrole nitrogens is 1. The highest BCUT2D eigenvalue weighted by Gasteiger charge is 2.13. The number of rotatable bonds is 5. The van der Waals surface area contributed by atoms with Crippen molar-refractivity contribution in [1.29, 1.82) is 0 Å². The molecule has 0 aliphatic carbocycles. The molecule has 0 bridgehead atoms. The second-order valence-corrected chi connectivity index (χ2v) is 6.51. The van der Waals surface area contributed by atoms with Crippen LogP contribution in [0.25, 0.3) is 10.8 Å². The summed E-state index contributed by atoms with van der Waals surface area (Å²) in [5.74, 6) is -1.78. The van der Waals surface area contributed by atoms with Gasteiger partial charge in [-0.05, 0) is 35.9 Å². The second-order valence-electron chi connectivity index (χ2n) is 6.51. The van der Waals surface area contributed by atoms with Gasteiger partial charge in [0.15, 0.2) is 11.6 Å². The molecule has 0 aliphatic rings. The van der Waals surface area contributed by atoms with Crippen molar-refractivity contribution in [3.63, 3.8) is 0 Å². The number of aromatic amines is 1. The van der Waals surface area contributed by atoms with Gasteiger partial charge in [-0.25, -0.2) is 8.78 Å². The van der Waals surface area contributed by atoms with E-state index in [2.05, 4.69) is 15.3 Å². The fourth-order valence-electron chi connectivity index (χ4n) is 3.12. The minimum Gasteiger partial charge on any atom is -0.490 e. The van der Waals surface area contributed by atoms with Crippen LogP contribution >= 0.6 is 0 Å². The largest absolute Gasteiger partial charge is 0.490 e. The molecule has 9 heteroatoms. The Hall–Kier alpha value is -4.01. The minimum absolute atomic E-state index is 0.00232. The summed E-state index contributed by atoms with van der Waals surface area (Å²) < 4.78 is 33.5. The maximum atomic E-state index is 13.6. The Labute approximate surface area is 168 Å². The molecule has 0 spiro atoms. The number of pyridine rings is 1. The average molecular weight is 410 g/mol. The van der Waals surface area contributed by atoms with E-state index in [-0.39, 0.29) is 23.8 Å². The highest BCUT2D eigenvalue weighted by Crippen LogP contribution is 2.24. The monoisotopic (exact) mass is 410 g/mol. The van der Waals surface area contributed by atoms with Gasteiger partial charge in [0.1, 0.15) is 0 Å². The number of anilines is 2. The highest BCUT2D eigenvalue weighted by molar-refractivity contribution is 5.94. The van der Waals surface area contributed by atoms with Crippen molar-refractivity contribution in [2.24, 2.45) is 0 Å². The smallest absolute Gasteiger partial charge is 0.316 e. The van der Waals surface area contributed by atoms with Crippen LogP contribution in [-0.2, 0) is 6.54 Å². The lowest BCUT2D eigenvalue weighted by Crippen LogP contribution is -2.19. The number of methoxy groups -OCH3 is 1. The van der Waals surface area contributed by atoms with Gasteiger partial charge in [-0.3, -0.25) is 9.59 Å². The summed E-state index contributed by atoms with van der Waals surface area (Å²) in [6.45, 7) is 0.0918. The predicted molar refractivity (Wildman–Crippen MR) is 108 cm³/mol. The maximum Gasteiger partial charge on any atom is 0.316 e. The molecule has 0 radical (unpaired) electrons. The van der Waals surface area contributed by atoms with Crippen LogP contribution < -0.4 is 21.2 Å². The molecule has 2 heterocycles. The molecular weight excluding hydrogens is 394 g/mol. The molecule has 0 atom stereocenters. The first-order chi connectivity index (χ1) is 14.5. The van der Waals surface area contributed by atoms with Gasteiger partial charge in [0.05, 0.1) is 19.9 Å². The van der Waals surface area contributed by atoms with E-state index in [1.165, 1.54) is 25.6 Å². The van der Waals surface area contributed by atoms with Gasteiger partial charge in [-0.1, -0.05) is 12.1 Å². The molecule has 4 rings (SSSR count). The third-order valence-electron chi connectivity index (χ3n) is 4.58. The Morgan fingerprint density at radius 1 is 1.10 bits per heavy atom. The van der Waals surface area contributed by atoms with Crippen LogP contribution in [0.3, 0.4) is 0 Å². The fraction of sp³-hybridized carbons (Fsp3) is 0.0952. The molecule has 7 nitrogen and oxygen atoms in total. The van der Waals surface area contributed by atoms with Crippen LogP contribution in [0.15, 0.2) is 64.4 Å². The topological polar surface area (TPSA) is 89.0 Å². The van der Waals surface area contributed by atoms with E-state index in [0.717, 1.165) is 12.1 Å². The number of nitrogens with one attached hydrogen (secondary N) is 2. The summed E-state index contributed by atoms with van der Waals surface area (Å²) >= 11 is 0. The number of benzene rings is 2. The maximum absolute atomic E-state index is 13.6. The quantitative estimate of drug-likeness (QED) is 0.528. The average Bonchev–Trinajstić information content (AvgIpc) is 2.73. The molecule has 2 aromatic carbocycles. The first kappa shape index (κ1) is 19.3. The van der Waals surface area contributed by atoms with Crippen molar-refractivity contribution in [3.8, 4) is 5.75 Å². The summed E-state index contributed by atoms with van der Waals surface area (Å²) in [5.41, 5.74) is 0.158. The number of aromatic nitrogens is 3. The van der Waals surface area contributed by atoms with Crippen molar-refractivity contribution in [1.82, 2.24) is 14.5 Å². The van der Waals surface area contributed by atoms with E-state index < -0.39 is 17.2 Å². The molecule has 0 fully saturated rings. The number of fused-ring (bicyclic) bond motifs is 1. The van der Waals surface area contributed by atoms with Crippen LogP contribution in [0.4, 0.5) is 20.4 Å². The van der Waals surface area contributed by atoms with E-state index in [1.54, 1.807) is 28.8 Å². The third-order valence-corrected chi connectivity index (χ3v) is 4.58. The number of nitrogens with zero attached hydrogens (tertiary/aromatic N) is 2. The number of hydrogen-bond donors (Lipinski definition) is 2. The van der Waals surface area contributed by atoms with Crippen molar-refractivity contribution in [2.75, 3.05) is 12.4 Å². The number of ether oxygens (including phenoxy) is 1.